The molecule has 0 spiro atoms. The van der Waals surface area contributed by atoms with Gasteiger partial charge in [0.25, 0.3) is 5.91 Å². The normalized spacial score (nSPS) is 16.7. The van der Waals surface area contributed by atoms with E-state index in [9.17, 15) is 14.7 Å². The molecule has 1 fully saturated rings. The summed E-state index contributed by atoms with van der Waals surface area (Å²) in [6.45, 7) is 4.03. The summed E-state index contributed by atoms with van der Waals surface area (Å²) in [5.41, 5.74) is 1.59. The van der Waals surface area contributed by atoms with E-state index in [0.29, 0.717) is 12.1 Å². The Hall–Kier alpha value is -3.09. The lowest BCUT2D eigenvalue weighted by atomic mass is 10.1. The molecule has 2 heterocycles. The van der Waals surface area contributed by atoms with Crippen LogP contribution in [0.1, 0.15) is 34.9 Å². The molecule has 1 saturated heterocycles. The number of rotatable bonds is 4. The third kappa shape index (κ3) is 3.26. The van der Waals surface area contributed by atoms with Crippen LogP contribution in [0.25, 0.3) is 0 Å². The van der Waals surface area contributed by atoms with E-state index in [2.05, 4.69) is 17.0 Å². The molecule has 1 aliphatic heterocycles. The van der Waals surface area contributed by atoms with E-state index in [0.717, 1.165) is 24.6 Å². The monoisotopic (exact) mass is 340 g/mol. The number of aromatic hydroxyl groups is 1. The highest BCUT2D eigenvalue weighted by molar-refractivity contribution is 6.02. The molecule has 2 amide bonds. The van der Waals surface area contributed by atoms with Crippen molar-refractivity contribution in [1.82, 2.24) is 14.7 Å². The molecule has 0 radical (unpaired) electrons. The standard InChI is InChI=1S/C18H20N4O3/c1-3-17(24)20-13-11-12(6-7-16(13)23)18(25)22-10-4-5-15(22)14-8-9-19-21(14)2/h3,6-9,11,15,23H,1,4-5,10H2,2H3,(H,20,24). The number of aromatic nitrogens is 2. The second kappa shape index (κ2) is 6.80. The van der Waals surface area contributed by atoms with E-state index in [4.69, 9.17) is 0 Å². The van der Waals surface area contributed by atoms with Gasteiger partial charge in [0.05, 0.1) is 17.4 Å². The van der Waals surface area contributed by atoms with Crippen molar-refractivity contribution in [2.45, 2.75) is 18.9 Å². The molecule has 3 rings (SSSR count). The van der Waals surface area contributed by atoms with Gasteiger partial charge in [-0.2, -0.15) is 5.10 Å². The summed E-state index contributed by atoms with van der Waals surface area (Å²) in [6.07, 6.45) is 4.62. The Morgan fingerprint density at radius 2 is 2.20 bits per heavy atom. The first-order valence-electron chi connectivity index (χ1n) is 8.06. The quantitative estimate of drug-likeness (QED) is 0.660. The Bertz CT molecular complexity index is 827. The number of phenolic OH excluding ortho intramolecular Hbond substituents is 1. The Morgan fingerprint density at radius 1 is 1.40 bits per heavy atom. The minimum absolute atomic E-state index is 0.0278. The average molecular weight is 340 g/mol. The Balaban J connectivity index is 1.87. The van der Waals surface area contributed by atoms with Gasteiger partial charge in [-0.15, -0.1) is 0 Å². The molecule has 1 aliphatic rings. The number of hydrogen-bond acceptors (Lipinski definition) is 4. The predicted octanol–water partition coefficient (Wildman–Crippen LogP) is 2.23. The van der Waals surface area contributed by atoms with Gasteiger partial charge in [0.15, 0.2) is 0 Å². The van der Waals surface area contributed by atoms with Gasteiger partial charge in [-0.05, 0) is 43.2 Å². The Kier molecular flexibility index (Phi) is 4.56. The van der Waals surface area contributed by atoms with Crippen molar-refractivity contribution in [2.75, 3.05) is 11.9 Å². The average Bonchev–Trinajstić information content (AvgIpc) is 3.24. The number of nitrogens with one attached hydrogen (secondary N) is 1. The van der Waals surface area contributed by atoms with Crippen molar-refractivity contribution in [3.05, 3.63) is 54.4 Å². The van der Waals surface area contributed by atoms with Gasteiger partial charge in [-0.3, -0.25) is 14.3 Å². The maximum absolute atomic E-state index is 13.0. The van der Waals surface area contributed by atoms with Crippen molar-refractivity contribution in [3.63, 3.8) is 0 Å². The zero-order valence-corrected chi connectivity index (χ0v) is 14.0. The summed E-state index contributed by atoms with van der Waals surface area (Å²) in [5.74, 6) is -0.692. The van der Waals surface area contributed by atoms with Gasteiger partial charge < -0.3 is 15.3 Å². The van der Waals surface area contributed by atoms with Crippen molar-refractivity contribution in [3.8, 4) is 5.75 Å². The molecule has 2 N–H and O–H groups in total. The molecule has 0 aliphatic carbocycles. The summed E-state index contributed by atoms with van der Waals surface area (Å²) in [6, 6.07) is 6.33. The third-order valence-corrected chi connectivity index (χ3v) is 4.40. The first-order valence-corrected chi connectivity index (χ1v) is 8.06. The lowest BCUT2D eigenvalue weighted by Crippen LogP contribution is -2.31. The number of phenols is 1. The minimum Gasteiger partial charge on any atom is -0.506 e. The maximum Gasteiger partial charge on any atom is 0.254 e. The van der Waals surface area contributed by atoms with Gasteiger partial charge in [-0.1, -0.05) is 6.58 Å². The number of aryl methyl sites for hydroxylation is 1. The molecular formula is C18H20N4O3. The highest BCUT2D eigenvalue weighted by atomic mass is 16.3. The van der Waals surface area contributed by atoms with Gasteiger partial charge in [0.2, 0.25) is 5.91 Å². The zero-order valence-electron chi connectivity index (χ0n) is 14.0. The van der Waals surface area contributed by atoms with Crippen LogP contribution in [0.5, 0.6) is 5.75 Å². The summed E-state index contributed by atoms with van der Waals surface area (Å²) >= 11 is 0. The molecule has 2 aromatic rings. The van der Waals surface area contributed by atoms with E-state index in [1.54, 1.807) is 16.9 Å². The molecular weight excluding hydrogens is 320 g/mol. The van der Waals surface area contributed by atoms with Crippen molar-refractivity contribution in [2.24, 2.45) is 7.05 Å². The van der Waals surface area contributed by atoms with Crippen LogP contribution >= 0.6 is 0 Å². The van der Waals surface area contributed by atoms with Crippen molar-refractivity contribution < 1.29 is 14.7 Å². The summed E-state index contributed by atoms with van der Waals surface area (Å²) < 4.78 is 1.78. The molecule has 1 aromatic carbocycles. The van der Waals surface area contributed by atoms with Crippen LogP contribution in [-0.2, 0) is 11.8 Å². The topological polar surface area (TPSA) is 87.5 Å². The zero-order chi connectivity index (χ0) is 18.0. The van der Waals surface area contributed by atoms with Crippen LogP contribution in [-0.4, -0.2) is 38.1 Å². The number of likely N-dealkylation sites (tertiary alicyclic amines) is 1. The highest BCUT2D eigenvalue weighted by Crippen LogP contribution is 2.34. The van der Waals surface area contributed by atoms with E-state index in [1.165, 1.54) is 12.1 Å². The Morgan fingerprint density at radius 3 is 2.88 bits per heavy atom. The van der Waals surface area contributed by atoms with E-state index in [-0.39, 0.29) is 23.4 Å². The molecule has 130 valence electrons. The number of carbonyl (C=O) groups is 2. The van der Waals surface area contributed by atoms with E-state index in [1.807, 2.05) is 18.0 Å². The van der Waals surface area contributed by atoms with Gasteiger partial charge in [-0.25, -0.2) is 0 Å². The smallest absolute Gasteiger partial charge is 0.254 e. The lowest BCUT2D eigenvalue weighted by Gasteiger charge is -2.25. The molecule has 0 bridgehead atoms. The molecule has 1 atom stereocenters. The van der Waals surface area contributed by atoms with E-state index < -0.39 is 5.91 Å². The predicted molar refractivity (Wildman–Crippen MR) is 93.2 cm³/mol. The van der Waals surface area contributed by atoms with Crippen LogP contribution in [0.4, 0.5) is 5.69 Å². The number of hydrogen-bond donors (Lipinski definition) is 2. The van der Waals surface area contributed by atoms with Crippen LogP contribution in [0.15, 0.2) is 43.1 Å². The fraction of sp³-hybridized carbons (Fsp3) is 0.278. The van der Waals surface area contributed by atoms with Crippen LogP contribution in [0, 0.1) is 0 Å². The van der Waals surface area contributed by atoms with Crippen LogP contribution < -0.4 is 5.32 Å². The number of carbonyl (C=O) groups excluding carboxylic acids is 2. The molecule has 1 unspecified atom stereocenters. The first kappa shape index (κ1) is 16.8. The van der Waals surface area contributed by atoms with Crippen LogP contribution in [0.3, 0.4) is 0 Å². The molecule has 0 saturated carbocycles. The summed E-state index contributed by atoms with van der Waals surface area (Å²) in [5, 5.41) is 16.6. The molecule has 7 nitrogen and oxygen atoms in total. The lowest BCUT2D eigenvalue weighted by molar-refractivity contribution is -0.111. The first-order chi connectivity index (χ1) is 12.0. The minimum atomic E-state index is -0.450. The summed E-state index contributed by atoms with van der Waals surface area (Å²) in [7, 11) is 1.86. The van der Waals surface area contributed by atoms with Gasteiger partial charge in [0, 0.05) is 25.4 Å². The van der Waals surface area contributed by atoms with Crippen LogP contribution in [0.2, 0.25) is 0 Å². The van der Waals surface area contributed by atoms with Crippen molar-refractivity contribution >= 4 is 17.5 Å². The summed E-state index contributed by atoms with van der Waals surface area (Å²) in [4.78, 5) is 26.2. The van der Waals surface area contributed by atoms with Gasteiger partial charge >= 0.3 is 0 Å². The fourth-order valence-electron chi connectivity index (χ4n) is 3.15. The largest absolute Gasteiger partial charge is 0.506 e. The highest BCUT2D eigenvalue weighted by Gasteiger charge is 2.32. The Labute approximate surface area is 145 Å². The molecule has 1 aromatic heterocycles. The number of nitrogens with zero attached hydrogens (tertiary/aromatic N) is 3. The maximum atomic E-state index is 13.0. The fourth-order valence-corrected chi connectivity index (χ4v) is 3.15. The molecule has 7 heteroatoms. The van der Waals surface area contributed by atoms with Crippen molar-refractivity contribution in [1.29, 1.82) is 0 Å². The number of amides is 2. The SMILES string of the molecule is C=CC(=O)Nc1cc(C(=O)N2CCCC2c2ccnn2C)ccc1O. The third-order valence-electron chi connectivity index (χ3n) is 4.40. The van der Waals surface area contributed by atoms with E-state index >= 15 is 0 Å². The second-order valence-electron chi connectivity index (χ2n) is 5.96. The molecule has 25 heavy (non-hydrogen) atoms. The van der Waals surface area contributed by atoms with Gasteiger partial charge in [0.1, 0.15) is 5.75 Å². The second-order valence-corrected chi connectivity index (χ2v) is 5.96. The number of benzene rings is 1. The number of anilines is 1.